The standard InChI is InChI=1S/C24H26F3N5O5/c1-12(28)21-20(22(35)29-10-18(34)32-9-3-4-13(32)11-33)31-23(37-21)15-5-7-16(36-2)19-14(15)6-8-17(30-19)24(25,26)27/h5-8,12-13,33H,3-4,9-11,28H2,1-2H3,(H,29,35)/t12-,13-/m0/s1. The molecule has 4 rings (SSSR count). The van der Waals surface area contributed by atoms with E-state index in [1.165, 1.54) is 30.2 Å². The summed E-state index contributed by atoms with van der Waals surface area (Å²) in [4.78, 5) is 35.0. The summed E-state index contributed by atoms with van der Waals surface area (Å²) in [5, 5.41) is 12.2. The lowest BCUT2D eigenvalue weighted by Gasteiger charge is -2.23. The number of nitrogens with two attached hydrogens (primary N) is 1. The zero-order chi connectivity index (χ0) is 26.9. The minimum atomic E-state index is -4.66. The van der Waals surface area contributed by atoms with Crippen LogP contribution in [0.3, 0.4) is 0 Å². The van der Waals surface area contributed by atoms with Crippen molar-refractivity contribution in [3.05, 3.63) is 41.4 Å². The molecule has 1 saturated heterocycles. The van der Waals surface area contributed by atoms with Crippen LogP contribution in [0, 0.1) is 0 Å². The van der Waals surface area contributed by atoms with Gasteiger partial charge in [-0.15, -0.1) is 0 Å². The Morgan fingerprint density at radius 2 is 2.05 bits per heavy atom. The van der Waals surface area contributed by atoms with E-state index < -0.39 is 23.8 Å². The molecule has 0 radical (unpaired) electrons. The van der Waals surface area contributed by atoms with Crippen LogP contribution in [-0.2, 0) is 11.0 Å². The molecule has 4 N–H and O–H groups in total. The fourth-order valence-electron chi connectivity index (χ4n) is 4.31. The second-order valence-electron chi connectivity index (χ2n) is 8.67. The Kier molecular flexibility index (Phi) is 7.37. The van der Waals surface area contributed by atoms with Crippen molar-refractivity contribution in [3.8, 4) is 17.2 Å². The molecule has 0 spiro atoms. The van der Waals surface area contributed by atoms with Crippen LogP contribution in [0.25, 0.3) is 22.4 Å². The topological polar surface area (TPSA) is 144 Å². The number of aliphatic hydroxyl groups is 1. The smallest absolute Gasteiger partial charge is 0.433 e. The van der Waals surface area contributed by atoms with Gasteiger partial charge in [0.2, 0.25) is 11.8 Å². The van der Waals surface area contributed by atoms with Gasteiger partial charge in [0.25, 0.3) is 5.91 Å². The molecule has 2 atom stereocenters. The number of pyridine rings is 1. The number of likely N-dealkylation sites (tertiary alicyclic amines) is 1. The van der Waals surface area contributed by atoms with E-state index >= 15 is 0 Å². The van der Waals surface area contributed by atoms with E-state index in [1.54, 1.807) is 6.92 Å². The number of rotatable bonds is 7. The van der Waals surface area contributed by atoms with Gasteiger partial charge in [-0.1, -0.05) is 0 Å². The van der Waals surface area contributed by atoms with Crippen molar-refractivity contribution in [1.29, 1.82) is 0 Å². The Morgan fingerprint density at radius 3 is 2.70 bits per heavy atom. The number of carbonyl (C=O) groups is 2. The number of aromatic nitrogens is 2. The zero-order valence-electron chi connectivity index (χ0n) is 20.1. The predicted molar refractivity (Wildman–Crippen MR) is 126 cm³/mol. The third kappa shape index (κ3) is 5.23. The molecule has 1 fully saturated rings. The molecule has 2 amide bonds. The maximum atomic E-state index is 13.2. The molecular weight excluding hydrogens is 495 g/mol. The Balaban J connectivity index is 1.66. The van der Waals surface area contributed by atoms with Crippen molar-refractivity contribution in [2.45, 2.75) is 38.0 Å². The molecule has 10 nitrogen and oxygen atoms in total. The number of carbonyl (C=O) groups excluding carboxylic acids is 2. The minimum absolute atomic E-state index is 0.0400. The second-order valence-corrected chi connectivity index (χ2v) is 8.67. The highest BCUT2D eigenvalue weighted by molar-refractivity contribution is 5.99. The molecular formula is C24H26F3N5O5. The van der Waals surface area contributed by atoms with Gasteiger partial charge >= 0.3 is 6.18 Å². The third-order valence-electron chi connectivity index (χ3n) is 6.15. The Bertz CT molecular complexity index is 1320. The lowest BCUT2D eigenvalue weighted by molar-refractivity contribution is -0.141. The minimum Gasteiger partial charge on any atom is -0.494 e. The van der Waals surface area contributed by atoms with Gasteiger partial charge in [-0.05, 0) is 44.0 Å². The summed E-state index contributed by atoms with van der Waals surface area (Å²) in [7, 11) is 1.31. The number of alkyl halides is 3. The molecule has 1 aliphatic heterocycles. The molecule has 198 valence electrons. The molecule has 3 aromatic rings. The van der Waals surface area contributed by atoms with Crippen molar-refractivity contribution in [3.63, 3.8) is 0 Å². The number of fused-ring (bicyclic) bond motifs is 1. The first-order chi connectivity index (χ1) is 17.5. The van der Waals surface area contributed by atoms with Crippen LogP contribution < -0.4 is 15.8 Å². The monoisotopic (exact) mass is 521 g/mol. The van der Waals surface area contributed by atoms with Gasteiger partial charge in [0.1, 0.15) is 17.0 Å². The molecule has 0 bridgehead atoms. The number of ether oxygens (including phenoxy) is 1. The lowest BCUT2D eigenvalue weighted by atomic mass is 10.1. The van der Waals surface area contributed by atoms with Crippen molar-refractivity contribution < 1.29 is 37.0 Å². The van der Waals surface area contributed by atoms with Crippen LogP contribution >= 0.6 is 0 Å². The molecule has 13 heteroatoms. The summed E-state index contributed by atoms with van der Waals surface area (Å²) in [6.07, 6.45) is -3.20. The van der Waals surface area contributed by atoms with Crippen molar-refractivity contribution in [2.24, 2.45) is 5.73 Å². The molecule has 3 heterocycles. The van der Waals surface area contributed by atoms with Crippen molar-refractivity contribution in [2.75, 3.05) is 26.8 Å². The summed E-state index contributed by atoms with van der Waals surface area (Å²) in [6, 6.07) is 3.97. The first-order valence-electron chi connectivity index (χ1n) is 11.5. The molecule has 0 unspecified atom stereocenters. The van der Waals surface area contributed by atoms with E-state index in [-0.39, 0.29) is 64.7 Å². The maximum absolute atomic E-state index is 13.2. The summed E-state index contributed by atoms with van der Waals surface area (Å²) in [6.45, 7) is 1.60. The zero-order valence-corrected chi connectivity index (χ0v) is 20.1. The van der Waals surface area contributed by atoms with Gasteiger partial charge in [0.05, 0.1) is 32.3 Å². The van der Waals surface area contributed by atoms with Gasteiger partial charge in [-0.25, -0.2) is 9.97 Å². The number of amides is 2. The van der Waals surface area contributed by atoms with Crippen LogP contribution in [0.1, 0.15) is 47.7 Å². The van der Waals surface area contributed by atoms with Crippen LogP contribution in [0.5, 0.6) is 5.75 Å². The van der Waals surface area contributed by atoms with Crippen molar-refractivity contribution >= 4 is 22.7 Å². The van der Waals surface area contributed by atoms with Crippen LogP contribution in [0.4, 0.5) is 13.2 Å². The summed E-state index contributed by atoms with van der Waals surface area (Å²) in [5.41, 5.74) is 4.96. The van der Waals surface area contributed by atoms with Crippen molar-refractivity contribution in [1.82, 2.24) is 20.2 Å². The molecule has 0 saturated carbocycles. The largest absolute Gasteiger partial charge is 0.494 e. The van der Waals surface area contributed by atoms with E-state index in [0.717, 1.165) is 12.5 Å². The molecule has 1 aromatic carbocycles. The molecule has 0 aliphatic carbocycles. The first kappa shape index (κ1) is 26.4. The van der Waals surface area contributed by atoms with Crippen LogP contribution in [0.15, 0.2) is 28.7 Å². The Hall–Kier alpha value is -3.71. The highest BCUT2D eigenvalue weighted by Gasteiger charge is 2.33. The Labute approximate surface area is 209 Å². The van der Waals surface area contributed by atoms with Gasteiger partial charge in [0.15, 0.2) is 11.5 Å². The maximum Gasteiger partial charge on any atom is 0.433 e. The number of nitrogens with one attached hydrogen (secondary N) is 1. The van der Waals surface area contributed by atoms with E-state index in [0.29, 0.717) is 13.0 Å². The van der Waals surface area contributed by atoms with Gasteiger partial charge < -0.3 is 30.2 Å². The molecule has 37 heavy (non-hydrogen) atoms. The summed E-state index contributed by atoms with van der Waals surface area (Å²) in [5.74, 6) is -0.950. The third-order valence-corrected chi connectivity index (χ3v) is 6.15. The average molecular weight is 521 g/mol. The second kappa shape index (κ2) is 10.3. The fraction of sp³-hybridized carbons (Fsp3) is 0.417. The highest BCUT2D eigenvalue weighted by Crippen LogP contribution is 2.37. The summed E-state index contributed by atoms with van der Waals surface area (Å²) < 4.78 is 50.7. The van der Waals surface area contributed by atoms with E-state index in [1.807, 2.05) is 0 Å². The number of hydrogen-bond donors (Lipinski definition) is 3. The van der Waals surface area contributed by atoms with Gasteiger partial charge in [0, 0.05) is 17.5 Å². The summed E-state index contributed by atoms with van der Waals surface area (Å²) >= 11 is 0. The van der Waals surface area contributed by atoms with E-state index in [4.69, 9.17) is 14.9 Å². The fourth-order valence-corrected chi connectivity index (χ4v) is 4.31. The van der Waals surface area contributed by atoms with E-state index in [9.17, 15) is 27.9 Å². The number of hydrogen-bond acceptors (Lipinski definition) is 8. The highest BCUT2D eigenvalue weighted by atomic mass is 19.4. The number of methoxy groups -OCH3 is 1. The number of nitrogens with zero attached hydrogens (tertiary/aromatic N) is 3. The SMILES string of the molecule is COc1ccc(-c2nc(C(=O)NCC(=O)N3CCC[C@H]3CO)c([C@H](C)N)o2)c2ccc(C(F)(F)F)nc12. The normalized spacial score (nSPS) is 16.7. The average Bonchev–Trinajstić information content (AvgIpc) is 3.53. The molecule has 2 aromatic heterocycles. The predicted octanol–water partition coefficient (Wildman–Crippen LogP) is 2.65. The first-order valence-corrected chi connectivity index (χ1v) is 11.5. The number of oxazole rings is 1. The van der Waals surface area contributed by atoms with Crippen LogP contribution in [0.2, 0.25) is 0 Å². The van der Waals surface area contributed by atoms with Crippen LogP contribution in [-0.4, -0.2) is 64.6 Å². The lowest BCUT2D eigenvalue weighted by Crippen LogP contribution is -2.44. The Morgan fingerprint density at radius 1 is 1.30 bits per heavy atom. The quantitative estimate of drug-likeness (QED) is 0.431. The van der Waals surface area contributed by atoms with E-state index in [2.05, 4.69) is 15.3 Å². The number of aliphatic hydroxyl groups excluding tert-OH is 1. The number of halogens is 3. The van der Waals surface area contributed by atoms with Gasteiger partial charge in [-0.2, -0.15) is 13.2 Å². The molecule has 1 aliphatic rings. The van der Waals surface area contributed by atoms with Gasteiger partial charge in [-0.3, -0.25) is 9.59 Å². The number of benzene rings is 1.